The summed E-state index contributed by atoms with van der Waals surface area (Å²) in [6.07, 6.45) is 3.87. The SMILES string of the molecule is CCCN1C(=O)[C@@H]2[C@@H](CC(COC)=C3[C@@H](CC/C(=C/c4ccc(O)c(F)c4)c4ccccc4)OB(O)C[C@@H]32)C1=O. The van der Waals surface area contributed by atoms with Crippen LogP contribution in [0.3, 0.4) is 0 Å². The second-order valence-electron chi connectivity index (χ2n) is 10.9. The van der Waals surface area contributed by atoms with Gasteiger partial charge >= 0.3 is 7.12 Å². The van der Waals surface area contributed by atoms with Gasteiger partial charge in [0.15, 0.2) is 11.6 Å². The van der Waals surface area contributed by atoms with Crippen LogP contribution in [0.2, 0.25) is 6.32 Å². The number of imide groups is 1. The van der Waals surface area contributed by atoms with Gasteiger partial charge in [-0.25, -0.2) is 4.39 Å². The zero-order valence-corrected chi connectivity index (χ0v) is 22.9. The molecule has 0 saturated carbocycles. The van der Waals surface area contributed by atoms with Gasteiger partial charge in [-0.3, -0.25) is 14.5 Å². The molecule has 3 aliphatic rings. The van der Waals surface area contributed by atoms with Crippen LogP contribution >= 0.6 is 0 Å². The Labute approximate surface area is 234 Å². The van der Waals surface area contributed by atoms with E-state index in [-0.39, 0.29) is 24.1 Å². The number of hydrogen-bond donors (Lipinski definition) is 2. The molecule has 4 atom stereocenters. The average Bonchev–Trinajstić information content (AvgIpc) is 3.18. The van der Waals surface area contributed by atoms with Crippen LogP contribution in [0.25, 0.3) is 11.6 Å². The van der Waals surface area contributed by atoms with Crippen LogP contribution in [0.1, 0.15) is 43.7 Å². The lowest BCUT2D eigenvalue weighted by Gasteiger charge is -2.43. The lowest BCUT2D eigenvalue weighted by Crippen LogP contribution is -2.46. The first kappa shape index (κ1) is 28.3. The van der Waals surface area contributed by atoms with Crippen molar-refractivity contribution in [1.29, 1.82) is 0 Å². The van der Waals surface area contributed by atoms with Gasteiger partial charge in [0.2, 0.25) is 11.8 Å². The molecule has 2 amide bonds. The van der Waals surface area contributed by atoms with Crippen LogP contribution in [-0.2, 0) is 19.0 Å². The molecule has 0 unspecified atom stereocenters. The molecule has 0 aromatic heterocycles. The monoisotopic (exact) mass is 547 g/mol. The minimum absolute atomic E-state index is 0.127. The van der Waals surface area contributed by atoms with E-state index in [4.69, 9.17) is 9.39 Å². The van der Waals surface area contributed by atoms with E-state index in [1.807, 2.05) is 43.3 Å². The molecular formula is C31H35BFNO6. The van der Waals surface area contributed by atoms with E-state index in [0.29, 0.717) is 44.4 Å². The number of phenols is 1. The van der Waals surface area contributed by atoms with E-state index in [9.17, 15) is 24.1 Å². The molecule has 40 heavy (non-hydrogen) atoms. The molecule has 9 heteroatoms. The Balaban J connectivity index is 1.47. The highest BCUT2D eigenvalue weighted by molar-refractivity contribution is 6.43. The third-order valence-corrected chi connectivity index (χ3v) is 8.30. The molecule has 2 aliphatic heterocycles. The number of likely N-dealkylation sites (tertiary alicyclic amines) is 1. The maximum atomic E-state index is 14.1. The summed E-state index contributed by atoms with van der Waals surface area (Å²) in [7, 11) is 0.556. The number of methoxy groups -OCH3 is 1. The molecule has 0 spiro atoms. The van der Waals surface area contributed by atoms with Gasteiger partial charge in [0.1, 0.15) is 0 Å². The molecule has 210 valence electrons. The predicted octanol–water partition coefficient (Wildman–Crippen LogP) is 4.71. The van der Waals surface area contributed by atoms with Gasteiger partial charge in [-0.05, 0) is 77.9 Å². The Morgan fingerprint density at radius 3 is 2.65 bits per heavy atom. The Morgan fingerprint density at radius 1 is 1.18 bits per heavy atom. The van der Waals surface area contributed by atoms with Crippen molar-refractivity contribution < 1.29 is 33.5 Å². The molecule has 0 bridgehead atoms. The molecule has 1 aliphatic carbocycles. The first-order valence-corrected chi connectivity index (χ1v) is 14.0. The largest absolute Gasteiger partial charge is 0.505 e. The number of amides is 2. The highest BCUT2D eigenvalue weighted by Crippen LogP contribution is 2.50. The number of hydrogen-bond acceptors (Lipinski definition) is 6. The highest BCUT2D eigenvalue weighted by Gasteiger charge is 2.57. The van der Waals surface area contributed by atoms with Crippen LogP contribution in [0, 0.1) is 23.6 Å². The molecule has 2 aromatic carbocycles. The number of rotatable bonds is 9. The summed E-state index contributed by atoms with van der Waals surface area (Å²) in [6, 6.07) is 14.0. The average molecular weight is 547 g/mol. The molecular weight excluding hydrogens is 512 g/mol. The molecule has 2 heterocycles. The number of phenolic OH excluding ortho intramolecular Hbond substituents is 1. The number of carbonyl (C=O) groups excluding carboxylic acids is 2. The number of nitrogens with zero attached hydrogens (tertiary/aromatic N) is 1. The van der Waals surface area contributed by atoms with Gasteiger partial charge in [-0.15, -0.1) is 0 Å². The Morgan fingerprint density at radius 2 is 1.95 bits per heavy atom. The van der Waals surface area contributed by atoms with Crippen molar-refractivity contribution in [2.45, 2.75) is 45.0 Å². The van der Waals surface area contributed by atoms with Crippen molar-refractivity contribution in [3.8, 4) is 5.75 Å². The van der Waals surface area contributed by atoms with Gasteiger partial charge in [0, 0.05) is 13.7 Å². The molecule has 0 radical (unpaired) electrons. The minimum atomic E-state index is -1.06. The summed E-state index contributed by atoms with van der Waals surface area (Å²) in [5.74, 6) is -2.61. The number of aromatic hydroxyl groups is 1. The van der Waals surface area contributed by atoms with E-state index in [1.165, 1.54) is 17.0 Å². The van der Waals surface area contributed by atoms with E-state index in [2.05, 4.69) is 0 Å². The lowest BCUT2D eigenvalue weighted by molar-refractivity contribution is -0.140. The summed E-state index contributed by atoms with van der Waals surface area (Å²) in [4.78, 5) is 28.1. The number of allylic oxidation sites excluding steroid dienone is 1. The lowest BCUT2D eigenvalue weighted by atomic mass is 9.58. The van der Waals surface area contributed by atoms with Crippen LogP contribution < -0.4 is 0 Å². The quantitative estimate of drug-likeness (QED) is 0.205. The second-order valence-corrected chi connectivity index (χ2v) is 10.9. The highest BCUT2D eigenvalue weighted by atomic mass is 19.1. The summed E-state index contributed by atoms with van der Waals surface area (Å²) in [6.45, 7) is 2.67. The molecule has 2 saturated heterocycles. The Hall–Kier alpha value is -3.27. The zero-order chi connectivity index (χ0) is 28.4. The van der Waals surface area contributed by atoms with Crippen molar-refractivity contribution in [2.75, 3.05) is 20.3 Å². The summed E-state index contributed by atoms with van der Waals surface area (Å²) >= 11 is 0. The summed E-state index contributed by atoms with van der Waals surface area (Å²) < 4.78 is 25.7. The first-order chi connectivity index (χ1) is 19.3. The number of carbonyl (C=O) groups is 2. The predicted molar refractivity (Wildman–Crippen MR) is 150 cm³/mol. The van der Waals surface area contributed by atoms with Crippen molar-refractivity contribution in [2.24, 2.45) is 17.8 Å². The smallest absolute Gasteiger partial charge is 0.455 e. The van der Waals surface area contributed by atoms with E-state index < -0.39 is 36.6 Å². The molecule has 5 rings (SSSR count). The maximum absolute atomic E-state index is 14.1. The van der Waals surface area contributed by atoms with E-state index >= 15 is 0 Å². The van der Waals surface area contributed by atoms with Gasteiger partial charge in [0.25, 0.3) is 0 Å². The van der Waals surface area contributed by atoms with E-state index in [0.717, 1.165) is 22.3 Å². The molecule has 2 fully saturated rings. The van der Waals surface area contributed by atoms with Crippen LogP contribution in [0.15, 0.2) is 59.7 Å². The fraction of sp³-hybridized carbons (Fsp3) is 0.419. The fourth-order valence-corrected chi connectivity index (χ4v) is 6.63. The number of ether oxygens (including phenoxy) is 1. The molecule has 2 N–H and O–H groups in total. The maximum Gasteiger partial charge on any atom is 0.455 e. The third-order valence-electron chi connectivity index (χ3n) is 8.30. The minimum Gasteiger partial charge on any atom is -0.505 e. The third kappa shape index (κ3) is 5.51. The normalized spacial score (nSPS) is 24.9. The first-order valence-electron chi connectivity index (χ1n) is 14.0. The van der Waals surface area contributed by atoms with Crippen molar-refractivity contribution in [1.82, 2.24) is 4.90 Å². The van der Waals surface area contributed by atoms with Crippen molar-refractivity contribution in [3.05, 3.63) is 76.6 Å². The van der Waals surface area contributed by atoms with Gasteiger partial charge in [-0.1, -0.05) is 49.4 Å². The van der Waals surface area contributed by atoms with Crippen LogP contribution in [0.4, 0.5) is 4.39 Å². The summed E-state index contributed by atoms with van der Waals surface area (Å²) in [5.41, 5.74) is 4.45. The van der Waals surface area contributed by atoms with Gasteiger partial charge in [0.05, 0.1) is 24.5 Å². The topological polar surface area (TPSA) is 96.3 Å². The number of fused-ring (bicyclic) bond motifs is 3. The number of halogens is 1. The van der Waals surface area contributed by atoms with Crippen LogP contribution in [0.5, 0.6) is 5.75 Å². The fourth-order valence-electron chi connectivity index (χ4n) is 6.63. The van der Waals surface area contributed by atoms with Gasteiger partial charge in [-0.2, -0.15) is 0 Å². The standard InChI is InChI=1S/C31H35BFNO6/c1-3-13-34-30(36)23-16-22(18-39-2)28-24(29(23)31(34)37)17-32(38)40-27(28)12-10-21(20-7-5-4-6-8-20)14-19-9-11-26(35)25(33)15-19/h4-9,11,14-15,23-24,27,29,35,38H,3,10,12-13,16-18H2,1-2H3/b21-14-/t23-,24+,27-,29-/m1/s1. The number of benzene rings is 2. The molecule has 7 nitrogen and oxygen atoms in total. The molecule has 2 aromatic rings. The van der Waals surface area contributed by atoms with Crippen molar-refractivity contribution in [3.63, 3.8) is 0 Å². The Kier molecular flexibility index (Phi) is 8.54. The van der Waals surface area contributed by atoms with Gasteiger partial charge < -0.3 is 19.5 Å². The zero-order valence-electron chi connectivity index (χ0n) is 22.9. The van der Waals surface area contributed by atoms with E-state index in [1.54, 1.807) is 13.2 Å². The summed E-state index contributed by atoms with van der Waals surface area (Å²) in [5, 5.41) is 20.4. The van der Waals surface area contributed by atoms with Crippen LogP contribution in [-0.4, -0.2) is 60.3 Å². The second kappa shape index (κ2) is 12.1. The van der Waals surface area contributed by atoms with Crippen molar-refractivity contribution >= 4 is 30.6 Å². The Bertz CT molecular complexity index is 1330.